The van der Waals surface area contributed by atoms with Crippen LogP contribution in [0, 0.1) is 10.1 Å². The van der Waals surface area contributed by atoms with Crippen LogP contribution in [0.1, 0.15) is 12.5 Å². The number of nitrogens with one attached hydrogen (secondary N) is 1. The maximum atomic E-state index is 11.4. The van der Waals surface area contributed by atoms with Gasteiger partial charge in [-0.1, -0.05) is 12.1 Å². The van der Waals surface area contributed by atoms with E-state index in [0.29, 0.717) is 5.56 Å². The Hall–Kier alpha value is -2.84. The van der Waals surface area contributed by atoms with E-state index in [2.05, 4.69) is 10.2 Å². The van der Waals surface area contributed by atoms with Crippen LogP contribution in [0.4, 0.5) is 4.79 Å². The van der Waals surface area contributed by atoms with E-state index in [0.717, 1.165) is 0 Å². The van der Waals surface area contributed by atoms with E-state index in [1.54, 1.807) is 12.1 Å². The molecule has 0 radical (unpaired) electrons. The summed E-state index contributed by atoms with van der Waals surface area (Å²) in [6, 6.07) is 5.23. The molecule has 9 heteroatoms. The molecule has 0 bridgehead atoms. The van der Waals surface area contributed by atoms with Crippen LogP contribution in [-0.4, -0.2) is 34.9 Å². The fourth-order valence-electron chi connectivity index (χ4n) is 1.38. The summed E-state index contributed by atoms with van der Waals surface area (Å²) < 4.78 is 4.92. The van der Waals surface area contributed by atoms with Crippen LogP contribution in [0.3, 0.4) is 0 Å². The van der Waals surface area contributed by atoms with Gasteiger partial charge in [-0.2, -0.15) is 0 Å². The standard InChI is InChI=1S/C12H14N2O7/c1-8(11(15)16)13-12(17)21-10-4-2-3-9(7-10)5-6-20-14(18)19/h2-4,7-8H,5-6H2,1H3,(H,13,17)(H,15,16). The molecule has 0 heterocycles. The zero-order valence-corrected chi connectivity index (χ0v) is 11.1. The van der Waals surface area contributed by atoms with Crippen molar-refractivity contribution in [3.63, 3.8) is 0 Å². The van der Waals surface area contributed by atoms with Gasteiger partial charge in [0.1, 0.15) is 18.4 Å². The normalized spacial score (nSPS) is 11.3. The SMILES string of the molecule is CC(NC(=O)Oc1cccc(CCO[N+](=O)[O-])c1)C(=O)O. The van der Waals surface area contributed by atoms with Crippen LogP contribution < -0.4 is 10.1 Å². The molecule has 0 saturated carbocycles. The number of nitrogens with zero attached hydrogens (tertiary/aromatic N) is 1. The summed E-state index contributed by atoms with van der Waals surface area (Å²) in [4.78, 5) is 36.2. The minimum absolute atomic E-state index is 0.112. The van der Waals surface area contributed by atoms with Crippen molar-refractivity contribution in [2.24, 2.45) is 0 Å². The van der Waals surface area contributed by atoms with Gasteiger partial charge in [0.25, 0.3) is 5.09 Å². The van der Waals surface area contributed by atoms with Crippen molar-refractivity contribution >= 4 is 12.1 Å². The zero-order valence-electron chi connectivity index (χ0n) is 11.1. The number of hydrogen-bond donors (Lipinski definition) is 2. The Morgan fingerprint density at radius 3 is 2.81 bits per heavy atom. The third-order valence-corrected chi connectivity index (χ3v) is 2.40. The molecule has 0 spiro atoms. The van der Waals surface area contributed by atoms with Crippen LogP contribution in [0.5, 0.6) is 5.75 Å². The van der Waals surface area contributed by atoms with Gasteiger partial charge in [0.15, 0.2) is 0 Å². The monoisotopic (exact) mass is 298 g/mol. The van der Waals surface area contributed by atoms with Gasteiger partial charge >= 0.3 is 12.1 Å². The van der Waals surface area contributed by atoms with Crippen molar-refractivity contribution in [1.29, 1.82) is 0 Å². The van der Waals surface area contributed by atoms with Crippen LogP contribution in [0.15, 0.2) is 24.3 Å². The van der Waals surface area contributed by atoms with Crippen LogP contribution in [-0.2, 0) is 16.1 Å². The van der Waals surface area contributed by atoms with Crippen LogP contribution in [0.2, 0.25) is 0 Å². The van der Waals surface area contributed by atoms with Gasteiger partial charge in [0.05, 0.1) is 0 Å². The molecule has 1 rings (SSSR count). The Kier molecular flexibility index (Phi) is 5.93. The quantitative estimate of drug-likeness (QED) is 0.567. The molecule has 1 atom stereocenters. The van der Waals surface area contributed by atoms with E-state index >= 15 is 0 Å². The lowest BCUT2D eigenvalue weighted by Gasteiger charge is -2.10. The summed E-state index contributed by atoms with van der Waals surface area (Å²) in [5.41, 5.74) is 0.674. The van der Waals surface area contributed by atoms with E-state index < -0.39 is 23.2 Å². The maximum Gasteiger partial charge on any atom is 0.413 e. The molecule has 1 aromatic carbocycles. The van der Waals surface area contributed by atoms with Gasteiger partial charge in [0, 0.05) is 0 Å². The third kappa shape index (κ3) is 6.23. The fraction of sp³-hybridized carbons (Fsp3) is 0.333. The first-order chi connectivity index (χ1) is 9.88. The first kappa shape index (κ1) is 16.2. The Morgan fingerprint density at radius 1 is 1.48 bits per heavy atom. The second kappa shape index (κ2) is 7.68. The Bertz CT molecular complexity index is 532. The highest BCUT2D eigenvalue weighted by Gasteiger charge is 2.15. The molecule has 1 aromatic rings. The molecule has 0 aliphatic heterocycles. The highest BCUT2D eigenvalue weighted by Crippen LogP contribution is 2.14. The third-order valence-electron chi connectivity index (χ3n) is 2.40. The minimum Gasteiger partial charge on any atom is -0.480 e. The lowest BCUT2D eigenvalue weighted by Crippen LogP contribution is -2.39. The number of carbonyl (C=O) groups is 2. The molecule has 0 fully saturated rings. The first-order valence-corrected chi connectivity index (χ1v) is 5.96. The first-order valence-electron chi connectivity index (χ1n) is 5.96. The second-order valence-corrected chi connectivity index (χ2v) is 4.05. The molecule has 0 aliphatic carbocycles. The molecule has 1 unspecified atom stereocenters. The maximum absolute atomic E-state index is 11.4. The molecule has 1 amide bonds. The second-order valence-electron chi connectivity index (χ2n) is 4.05. The van der Waals surface area contributed by atoms with Gasteiger partial charge in [-0.05, 0) is 31.0 Å². The molecule has 0 saturated heterocycles. The lowest BCUT2D eigenvalue weighted by atomic mass is 10.1. The van der Waals surface area contributed by atoms with E-state index in [-0.39, 0.29) is 18.8 Å². The number of carboxylic acids is 1. The van der Waals surface area contributed by atoms with Crippen LogP contribution in [0.25, 0.3) is 0 Å². The van der Waals surface area contributed by atoms with E-state index in [1.165, 1.54) is 19.1 Å². The van der Waals surface area contributed by atoms with Gasteiger partial charge in [-0.25, -0.2) is 4.79 Å². The minimum atomic E-state index is -1.18. The van der Waals surface area contributed by atoms with Gasteiger partial charge in [0.2, 0.25) is 0 Å². The summed E-state index contributed by atoms with van der Waals surface area (Å²) >= 11 is 0. The predicted octanol–water partition coefficient (Wildman–Crippen LogP) is 0.999. The summed E-state index contributed by atoms with van der Waals surface area (Å²) in [5, 5.41) is 19.9. The van der Waals surface area contributed by atoms with E-state index in [4.69, 9.17) is 9.84 Å². The van der Waals surface area contributed by atoms with Crippen molar-refractivity contribution in [2.45, 2.75) is 19.4 Å². The number of aliphatic carboxylic acids is 1. The molecule has 21 heavy (non-hydrogen) atoms. The van der Waals surface area contributed by atoms with Gasteiger partial charge in [-0.15, -0.1) is 10.1 Å². The van der Waals surface area contributed by atoms with E-state index in [9.17, 15) is 19.7 Å². The number of benzene rings is 1. The smallest absolute Gasteiger partial charge is 0.413 e. The Morgan fingerprint density at radius 2 is 2.19 bits per heavy atom. The largest absolute Gasteiger partial charge is 0.480 e. The zero-order chi connectivity index (χ0) is 15.8. The molecule has 0 aliphatic rings. The van der Waals surface area contributed by atoms with Crippen molar-refractivity contribution in [3.05, 3.63) is 39.9 Å². The average molecular weight is 298 g/mol. The predicted molar refractivity (Wildman–Crippen MR) is 69.3 cm³/mol. The molecular weight excluding hydrogens is 284 g/mol. The van der Waals surface area contributed by atoms with Crippen molar-refractivity contribution in [3.8, 4) is 5.75 Å². The number of ether oxygens (including phenoxy) is 1. The van der Waals surface area contributed by atoms with Crippen molar-refractivity contribution < 1.29 is 29.4 Å². The van der Waals surface area contributed by atoms with Gasteiger partial charge in [-0.3, -0.25) is 4.79 Å². The van der Waals surface area contributed by atoms with Crippen molar-refractivity contribution in [1.82, 2.24) is 5.32 Å². The Labute approximate surface area is 119 Å². The van der Waals surface area contributed by atoms with E-state index in [1.807, 2.05) is 0 Å². The lowest BCUT2D eigenvalue weighted by molar-refractivity contribution is -0.757. The summed E-state index contributed by atoms with van der Waals surface area (Å²) in [5.74, 6) is -0.985. The fourth-order valence-corrected chi connectivity index (χ4v) is 1.38. The number of hydrogen-bond acceptors (Lipinski definition) is 6. The molecular formula is C12H14N2O7. The number of amides is 1. The summed E-state index contributed by atoms with van der Waals surface area (Å²) in [6.45, 7) is 1.19. The van der Waals surface area contributed by atoms with Gasteiger partial charge < -0.3 is 20.0 Å². The highest BCUT2D eigenvalue weighted by atomic mass is 16.9. The molecule has 2 N–H and O–H groups in total. The number of rotatable bonds is 7. The molecule has 114 valence electrons. The van der Waals surface area contributed by atoms with Crippen LogP contribution >= 0.6 is 0 Å². The highest BCUT2D eigenvalue weighted by molar-refractivity contribution is 5.80. The number of carbonyl (C=O) groups excluding carboxylic acids is 1. The summed E-state index contributed by atoms with van der Waals surface area (Å²) in [7, 11) is 0. The topological polar surface area (TPSA) is 128 Å². The Balaban J connectivity index is 2.53. The average Bonchev–Trinajstić information content (AvgIpc) is 2.38. The summed E-state index contributed by atoms with van der Waals surface area (Å²) in [6.07, 6.45) is -0.630. The molecule has 9 nitrogen and oxygen atoms in total. The van der Waals surface area contributed by atoms with Crippen molar-refractivity contribution in [2.75, 3.05) is 6.61 Å². The number of carboxylic acid groups (broad SMARTS) is 1. The molecule has 0 aromatic heterocycles.